The molecule has 0 saturated carbocycles. The smallest absolute Gasteiger partial charge is 0.269 e. The standard InChI is InChI=1S/C18H16N4O3/c1-11-19-17(22-21-11)12-6-8-13(9-7-12)20-18(23)16-10-24-14-4-2-3-5-15(14)25-16/h2-9,16H,10H2,1H3,(H,20,23)(H,19,21,22). The highest BCUT2D eigenvalue weighted by atomic mass is 16.6. The fourth-order valence-corrected chi connectivity index (χ4v) is 2.55. The molecule has 0 spiro atoms. The molecule has 7 nitrogen and oxygen atoms in total. The van der Waals surface area contributed by atoms with E-state index in [0.717, 1.165) is 11.4 Å². The van der Waals surface area contributed by atoms with E-state index in [1.54, 1.807) is 18.2 Å². The summed E-state index contributed by atoms with van der Waals surface area (Å²) in [5.74, 6) is 2.34. The van der Waals surface area contributed by atoms with Crippen LogP contribution < -0.4 is 14.8 Å². The zero-order valence-corrected chi connectivity index (χ0v) is 13.5. The summed E-state index contributed by atoms with van der Waals surface area (Å²) in [4.78, 5) is 16.7. The first kappa shape index (κ1) is 15.2. The Kier molecular flexibility index (Phi) is 3.81. The van der Waals surface area contributed by atoms with Crippen LogP contribution in [0.2, 0.25) is 0 Å². The van der Waals surface area contributed by atoms with Gasteiger partial charge >= 0.3 is 0 Å². The number of H-pyrrole nitrogens is 1. The van der Waals surface area contributed by atoms with Gasteiger partial charge in [-0.3, -0.25) is 9.89 Å². The van der Waals surface area contributed by atoms with Gasteiger partial charge in [-0.2, -0.15) is 5.10 Å². The quantitative estimate of drug-likeness (QED) is 0.767. The minimum atomic E-state index is -0.690. The molecule has 0 radical (unpaired) electrons. The maximum absolute atomic E-state index is 12.4. The number of carbonyl (C=O) groups is 1. The molecule has 7 heteroatoms. The van der Waals surface area contributed by atoms with E-state index in [-0.39, 0.29) is 12.5 Å². The lowest BCUT2D eigenvalue weighted by Crippen LogP contribution is -2.40. The Morgan fingerprint density at radius 1 is 1.16 bits per heavy atom. The lowest BCUT2D eigenvalue weighted by molar-refractivity contribution is -0.125. The summed E-state index contributed by atoms with van der Waals surface area (Å²) < 4.78 is 11.3. The number of ether oxygens (including phenoxy) is 2. The first-order chi connectivity index (χ1) is 12.2. The molecule has 126 valence electrons. The van der Waals surface area contributed by atoms with E-state index in [2.05, 4.69) is 20.5 Å². The van der Waals surface area contributed by atoms with Crippen molar-refractivity contribution in [3.05, 3.63) is 54.4 Å². The average molecular weight is 336 g/mol. The van der Waals surface area contributed by atoms with Gasteiger partial charge in [-0.1, -0.05) is 12.1 Å². The number of aromatic amines is 1. The van der Waals surface area contributed by atoms with Crippen LogP contribution in [0, 0.1) is 6.92 Å². The molecule has 0 aliphatic carbocycles. The molecule has 2 heterocycles. The summed E-state index contributed by atoms with van der Waals surface area (Å²) in [7, 11) is 0. The predicted molar refractivity (Wildman–Crippen MR) is 91.5 cm³/mol. The first-order valence-corrected chi connectivity index (χ1v) is 7.88. The molecule has 25 heavy (non-hydrogen) atoms. The number of amides is 1. The van der Waals surface area contributed by atoms with Crippen LogP contribution >= 0.6 is 0 Å². The molecule has 1 aliphatic rings. The van der Waals surface area contributed by atoms with Gasteiger partial charge in [0.05, 0.1) is 0 Å². The van der Waals surface area contributed by atoms with E-state index in [4.69, 9.17) is 9.47 Å². The third-order valence-electron chi connectivity index (χ3n) is 3.81. The predicted octanol–water partition coefficient (Wildman–Crippen LogP) is 2.56. The number of aromatic nitrogens is 3. The van der Waals surface area contributed by atoms with Crippen molar-refractivity contribution in [2.24, 2.45) is 0 Å². The molecule has 4 rings (SSSR count). The van der Waals surface area contributed by atoms with Crippen LogP contribution in [0.4, 0.5) is 5.69 Å². The number of aryl methyl sites for hydroxylation is 1. The van der Waals surface area contributed by atoms with Crippen molar-refractivity contribution in [2.75, 3.05) is 11.9 Å². The molecule has 1 amide bonds. The highest BCUT2D eigenvalue weighted by Crippen LogP contribution is 2.31. The molecule has 1 unspecified atom stereocenters. The van der Waals surface area contributed by atoms with Gasteiger partial charge in [-0.25, -0.2) is 4.98 Å². The SMILES string of the molecule is Cc1nc(-c2ccc(NC(=O)C3COc4ccccc4O3)cc2)n[nH]1. The Morgan fingerprint density at radius 3 is 2.64 bits per heavy atom. The van der Waals surface area contributed by atoms with Crippen molar-refractivity contribution < 1.29 is 14.3 Å². The van der Waals surface area contributed by atoms with Crippen LogP contribution in [-0.4, -0.2) is 33.8 Å². The topological polar surface area (TPSA) is 89.1 Å². The molecule has 1 aromatic heterocycles. The molecule has 2 aromatic carbocycles. The second-order valence-corrected chi connectivity index (χ2v) is 5.68. The normalized spacial score (nSPS) is 15.6. The highest BCUT2D eigenvalue weighted by Gasteiger charge is 2.27. The number of nitrogens with zero attached hydrogens (tertiary/aromatic N) is 2. The number of benzene rings is 2. The highest BCUT2D eigenvalue weighted by molar-refractivity contribution is 5.94. The zero-order valence-electron chi connectivity index (χ0n) is 13.5. The minimum absolute atomic E-state index is 0.178. The van der Waals surface area contributed by atoms with E-state index in [0.29, 0.717) is 23.0 Å². The maximum Gasteiger partial charge on any atom is 0.269 e. The number of hydrogen-bond donors (Lipinski definition) is 2. The van der Waals surface area contributed by atoms with Crippen molar-refractivity contribution in [1.82, 2.24) is 15.2 Å². The number of rotatable bonds is 3. The van der Waals surface area contributed by atoms with Crippen molar-refractivity contribution in [1.29, 1.82) is 0 Å². The Balaban J connectivity index is 1.43. The summed E-state index contributed by atoms with van der Waals surface area (Å²) >= 11 is 0. The van der Waals surface area contributed by atoms with Gasteiger partial charge < -0.3 is 14.8 Å². The van der Waals surface area contributed by atoms with Crippen molar-refractivity contribution in [3.8, 4) is 22.9 Å². The Morgan fingerprint density at radius 2 is 1.92 bits per heavy atom. The van der Waals surface area contributed by atoms with Crippen molar-refractivity contribution >= 4 is 11.6 Å². The van der Waals surface area contributed by atoms with Crippen molar-refractivity contribution in [2.45, 2.75) is 13.0 Å². The summed E-state index contributed by atoms with van der Waals surface area (Å²) in [6.07, 6.45) is -0.690. The van der Waals surface area contributed by atoms with E-state index in [1.165, 1.54) is 0 Å². The third kappa shape index (κ3) is 3.16. The third-order valence-corrected chi connectivity index (χ3v) is 3.81. The first-order valence-electron chi connectivity index (χ1n) is 7.88. The second-order valence-electron chi connectivity index (χ2n) is 5.68. The largest absolute Gasteiger partial charge is 0.485 e. The van der Waals surface area contributed by atoms with Gasteiger partial charge in [-0.15, -0.1) is 0 Å². The van der Waals surface area contributed by atoms with Crippen LogP contribution in [0.25, 0.3) is 11.4 Å². The van der Waals surface area contributed by atoms with Gasteiger partial charge in [0.2, 0.25) is 6.10 Å². The lowest BCUT2D eigenvalue weighted by Gasteiger charge is -2.25. The molecule has 2 N–H and O–H groups in total. The monoisotopic (exact) mass is 336 g/mol. The fraction of sp³-hybridized carbons (Fsp3) is 0.167. The summed E-state index contributed by atoms with van der Waals surface area (Å²) in [5, 5.41) is 9.75. The number of carbonyl (C=O) groups excluding carboxylic acids is 1. The van der Waals surface area contributed by atoms with Crippen molar-refractivity contribution in [3.63, 3.8) is 0 Å². The fourth-order valence-electron chi connectivity index (χ4n) is 2.55. The number of fused-ring (bicyclic) bond motifs is 1. The van der Waals surface area contributed by atoms with Gasteiger partial charge in [0.25, 0.3) is 5.91 Å². The van der Waals surface area contributed by atoms with Crippen LogP contribution in [0.5, 0.6) is 11.5 Å². The van der Waals surface area contributed by atoms with Crippen LogP contribution in [-0.2, 0) is 4.79 Å². The number of anilines is 1. The van der Waals surface area contributed by atoms with Crippen LogP contribution in [0.1, 0.15) is 5.82 Å². The van der Waals surface area contributed by atoms with E-state index in [1.807, 2.05) is 37.3 Å². The van der Waals surface area contributed by atoms with Gasteiger partial charge in [0, 0.05) is 11.3 Å². The Hall–Kier alpha value is -3.35. The summed E-state index contributed by atoms with van der Waals surface area (Å²) in [5.41, 5.74) is 1.54. The molecule has 0 bridgehead atoms. The molecule has 0 saturated heterocycles. The second kappa shape index (κ2) is 6.27. The number of para-hydroxylation sites is 2. The van der Waals surface area contributed by atoms with E-state index >= 15 is 0 Å². The molecule has 3 aromatic rings. The average Bonchev–Trinajstić information content (AvgIpc) is 3.08. The van der Waals surface area contributed by atoms with Crippen LogP contribution in [0.3, 0.4) is 0 Å². The molecule has 1 aliphatic heterocycles. The lowest BCUT2D eigenvalue weighted by atomic mass is 10.2. The zero-order chi connectivity index (χ0) is 17.2. The Bertz CT molecular complexity index is 905. The molecule has 1 atom stereocenters. The van der Waals surface area contributed by atoms with E-state index < -0.39 is 6.10 Å². The minimum Gasteiger partial charge on any atom is -0.485 e. The molecular formula is C18H16N4O3. The molecular weight excluding hydrogens is 320 g/mol. The number of hydrogen-bond acceptors (Lipinski definition) is 5. The summed E-state index contributed by atoms with van der Waals surface area (Å²) in [6, 6.07) is 14.6. The van der Waals surface area contributed by atoms with Gasteiger partial charge in [0.15, 0.2) is 17.3 Å². The number of nitrogens with one attached hydrogen (secondary N) is 2. The molecule has 0 fully saturated rings. The maximum atomic E-state index is 12.4. The van der Waals surface area contributed by atoms with Crippen LogP contribution in [0.15, 0.2) is 48.5 Å². The Labute approximate surface area is 144 Å². The van der Waals surface area contributed by atoms with Gasteiger partial charge in [0.1, 0.15) is 12.4 Å². The van der Waals surface area contributed by atoms with E-state index in [9.17, 15) is 4.79 Å². The summed E-state index contributed by atoms with van der Waals surface area (Å²) in [6.45, 7) is 2.02. The van der Waals surface area contributed by atoms with Gasteiger partial charge in [-0.05, 0) is 43.3 Å².